The number of rotatable bonds is 2. The Morgan fingerprint density at radius 3 is 2.27 bits per heavy atom. The average Bonchev–Trinajstić information content (AvgIpc) is 3.09. The number of nitrogens with zero attached hydrogens (tertiary/aromatic N) is 1. The van der Waals surface area contributed by atoms with Gasteiger partial charge in [-0.05, 0) is 62.6 Å². The molecule has 30 heavy (non-hydrogen) atoms. The third-order valence-electron chi connectivity index (χ3n) is 5.77. The number of nitrogens with one attached hydrogen (secondary N) is 1. The van der Waals surface area contributed by atoms with E-state index in [1.807, 2.05) is 6.07 Å². The number of aromatic nitrogens is 1. The van der Waals surface area contributed by atoms with Crippen LogP contribution in [-0.2, 0) is 5.54 Å². The first-order chi connectivity index (χ1) is 14.3. The fourth-order valence-electron chi connectivity index (χ4n) is 4.33. The van der Waals surface area contributed by atoms with Crippen molar-refractivity contribution >= 4 is 29.4 Å². The lowest BCUT2D eigenvalue weighted by molar-refractivity contribution is 0.619. The molecule has 0 saturated heterocycles. The monoisotopic (exact) mass is 428 g/mol. The average molecular weight is 429 g/mol. The van der Waals surface area contributed by atoms with Crippen molar-refractivity contribution < 1.29 is 0 Å². The summed E-state index contributed by atoms with van der Waals surface area (Å²) in [5.41, 5.74) is 9.54. The van der Waals surface area contributed by atoms with Crippen LogP contribution in [0, 0.1) is 18.5 Å². The zero-order valence-electron chi connectivity index (χ0n) is 17.6. The zero-order chi connectivity index (χ0) is 21.0. The predicted molar refractivity (Wildman–Crippen MR) is 131 cm³/mol. The van der Waals surface area contributed by atoms with Crippen LogP contribution in [0.1, 0.15) is 29.9 Å². The van der Waals surface area contributed by atoms with E-state index in [1.54, 1.807) is 11.5 Å². The van der Waals surface area contributed by atoms with E-state index < -0.39 is 0 Å². The van der Waals surface area contributed by atoms with Crippen molar-refractivity contribution in [1.82, 2.24) is 3.96 Å². The predicted octanol–water partition coefficient (Wildman–Crippen LogP) is 7.88. The molecular formula is C26H24N2S2. The maximum Gasteiger partial charge on any atom is 0.129 e. The lowest BCUT2D eigenvalue weighted by atomic mass is 9.87. The molecule has 0 aliphatic carbocycles. The molecular weight excluding hydrogens is 404 g/mol. The number of anilines is 1. The highest BCUT2D eigenvalue weighted by molar-refractivity contribution is 7.71. The topological polar surface area (TPSA) is 17.0 Å². The Balaban J connectivity index is 1.67. The summed E-state index contributed by atoms with van der Waals surface area (Å²) in [5, 5.41) is 3.76. The number of aryl methyl sites for hydroxylation is 2. The minimum atomic E-state index is -0.171. The van der Waals surface area contributed by atoms with Crippen LogP contribution < -0.4 is 5.32 Å². The SMILES string of the molecule is Cc1cc(C)c2c(c1)-c1c(sn(-c3ccc(-c4ccccc4)cc3)c1=S)C(C)(C)N2. The summed E-state index contributed by atoms with van der Waals surface area (Å²) in [6.45, 7) is 8.80. The van der Waals surface area contributed by atoms with E-state index >= 15 is 0 Å². The quantitative estimate of drug-likeness (QED) is 0.327. The third-order valence-corrected chi connectivity index (χ3v) is 7.75. The Hall–Kier alpha value is -2.69. The summed E-state index contributed by atoms with van der Waals surface area (Å²) >= 11 is 7.78. The molecule has 0 fully saturated rings. The van der Waals surface area contributed by atoms with E-state index in [4.69, 9.17) is 12.2 Å². The maximum atomic E-state index is 6.03. The summed E-state index contributed by atoms with van der Waals surface area (Å²) in [6, 6.07) is 23.7. The summed E-state index contributed by atoms with van der Waals surface area (Å²) in [6.07, 6.45) is 0. The largest absolute Gasteiger partial charge is 0.374 e. The second kappa shape index (κ2) is 6.93. The van der Waals surface area contributed by atoms with Gasteiger partial charge in [0.2, 0.25) is 0 Å². The maximum absolute atomic E-state index is 6.03. The standard InChI is InChI=1S/C26H24N2S2/c1-16-14-17(2)23-21(15-16)22-24(26(3,4)27-23)30-28(25(22)29)20-12-10-19(11-13-20)18-8-6-5-7-9-18/h5-15,27H,1-4H3. The van der Waals surface area contributed by atoms with Crippen LogP contribution in [0.4, 0.5) is 5.69 Å². The van der Waals surface area contributed by atoms with Crippen molar-refractivity contribution in [3.8, 4) is 27.9 Å². The van der Waals surface area contributed by atoms with Crippen LogP contribution >= 0.6 is 23.8 Å². The molecule has 0 saturated carbocycles. The van der Waals surface area contributed by atoms with Gasteiger partial charge in [-0.3, -0.25) is 3.96 Å². The molecule has 0 bridgehead atoms. The lowest BCUT2D eigenvalue weighted by Gasteiger charge is -2.34. The molecule has 3 aromatic carbocycles. The van der Waals surface area contributed by atoms with Crippen LogP contribution in [0.15, 0.2) is 66.7 Å². The highest BCUT2D eigenvalue weighted by Crippen LogP contribution is 2.48. The summed E-state index contributed by atoms with van der Waals surface area (Å²) < 4.78 is 3.09. The highest BCUT2D eigenvalue weighted by Gasteiger charge is 2.35. The first-order valence-electron chi connectivity index (χ1n) is 10.2. The normalized spacial score (nSPS) is 14.0. The minimum absolute atomic E-state index is 0.171. The molecule has 0 atom stereocenters. The third kappa shape index (κ3) is 3.03. The number of hydrogen-bond donors (Lipinski definition) is 1. The van der Waals surface area contributed by atoms with Gasteiger partial charge in [0.05, 0.1) is 16.1 Å². The molecule has 2 nitrogen and oxygen atoms in total. The molecule has 1 aliphatic heterocycles. The van der Waals surface area contributed by atoms with E-state index in [0.29, 0.717) is 0 Å². The van der Waals surface area contributed by atoms with Gasteiger partial charge in [-0.25, -0.2) is 0 Å². The zero-order valence-corrected chi connectivity index (χ0v) is 19.2. The smallest absolute Gasteiger partial charge is 0.129 e. The van der Waals surface area contributed by atoms with Gasteiger partial charge < -0.3 is 5.32 Å². The van der Waals surface area contributed by atoms with Crippen molar-refractivity contribution in [3.63, 3.8) is 0 Å². The van der Waals surface area contributed by atoms with Gasteiger partial charge in [0.15, 0.2) is 0 Å². The fraction of sp³-hybridized carbons (Fsp3) is 0.192. The molecule has 150 valence electrons. The van der Waals surface area contributed by atoms with E-state index in [-0.39, 0.29) is 5.54 Å². The van der Waals surface area contributed by atoms with Crippen LogP contribution in [0.3, 0.4) is 0 Å². The first-order valence-corrected chi connectivity index (χ1v) is 11.4. The van der Waals surface area contributed by atoms with Gasteiger partial charge in [-0.15, -0.1) is 0 Å². The Labute approximate surface area is 187 Å². The van der Waals surface area contributed by atoms with E-state index in [2.05, 4.69) is 97.6 Å². The molecule has 0 unspecified atom stereocenters. The van der Waals surface area contributed by atoms with E-state index in [1.165, 1.54) is 43.9 Å². The Bertz CT molecular complexity index is 1310. The number of hydrogen-bond acceptors (Lipinski definition) is 3. The number of benzene rings is 3. The van der Waals surface area contributed by atoms with Crippen LogP contribution in [0.2, 0.25) is 0 Å². The summed E-state index contributed by atoms with van der Waals surface area (Å²) in [7, 11) is 0. The molecule has 0 amide bonds. The van der Waals surface area contributed by atoms with Gasteiger partial charge >= 0.3 is 0 Å². The molecule has 4 heteroatoms. The fourth-order valence-corrected chi connectivity index (χ4v) is 5.99. The molecule has 5 rings (SSSR count). The highest BCUT2D eigenvalue weighted by atomic mass is 32.1. The first kappa shape index (κ1) is 19.3. The van der Waals surface area contributed by atoms with Crippen molar-refractivity contribution in [2.24, 2.45) is 0 Å². The minimum Gasteiger partial charge on any atom is -0.374 e. The molecule has 1 aliphatic rings. The molecule has 2 heterocycles. The van der Waals surface area contributed by atoms with E-state index in [9.17, 15) is 0 Å². The molecule has 1 N–H and O–H groups in total. The van der Waals surface area contributed by atoms with Crippen LogP contribution in [0.25, 0.3) is 27.9 Å². The van der Waals surface area contributed by atoms with Crippen molar-refractivity contribution in [2.45, 2.75) is 33.2 Å². The van der Waals surface area contributed by atoms with Gasteiger partial charge in [0.25, 0.3) is 0 Å². The van der Waals surface area contributed by atoms with Crippen LogP contribution in [-0.4, -0.2) is 3.96 Å². The molecule has 0 radical (unpaired) electrons. The summed E-state index contributed by atoms with van der Waals surface area (Å²) in [5.74, 6) is 0. The van der Waals surface area contributed by atoms with Gasteiger partial charge in [-0.1, -0.05) is 77.8 Å². The number of fused-ring (bicyclic) bond motifs is 3. The Morgan fingerprint density at radius 2 is 1.57 bits per heavy atom. The Morgan fingerprint density at radius 1 is 0.900 bits per heavy atom. The van der Waals surface area contributed by atoms with E-state index in [0.717, 1.165) is 10.3 Å². The lowest BCUT2D eigenvalue weighted by Crippen LogP contribution is -2.31. The van der Waals surface area contributed by atoms with Gasteiger partial charge in [0, 0.05) is 16.8 Å². The summed E-state index contributed by atoms with van der Waals surface area (Å²) in [4.78, 5) is 1.29. The van der Waals surface area contributed by atoms with Crippen LogP contribution in [0.5, 0.6) is 0 Å². The van der Waals surface area contributed by atoms with Crippen molar-refractivity contribution in [2.75, 3.05) is 5.32 Å². The molecule has 4 aromatic rings. The second-order valence-electron chi connectivity index (χ2n) is 8.56. The molecule has 0 spiro atoms. The van der Waals surface area contributed by atoms with Gasteiger partial charge in [-0.2, -0.15) is 0 Å². The van der Waals surface area contributed by atoms with Crippen molar-refractivity contribution in [3.05, 3.63) is 87.4 Å². The second-order valence-corrected chi connectivity index (χ2v) is 9.90. The molecule has 1 aromatic heterocycles. The Kier molecular flexibility index (Phi) is 4.46. The van der Waals surface area contributed by atoms with Crippen molar-refractivity contribution in [1.29, 1.82) is 0 Å². The van der Waals surface area contributed by atoms with Gasteiger partial charge in [0.1, 0.15) is 4.64 Å².